The van der Waals surface area contributed by atoms with Crippen molar-refractivity contribution in [3.8, 4) is 11.1 Å². The van der Waals surface area contributed by atoms with Crippen LogP contribution in [0.15, 0.2) is 42.6 Å². The van der Waals surface area contributed by atoms with Crippen LogP contribution in [0.2, 0.25) is 0 Å². The van der Waals surface area contributed by atoms with Gasteiger partial charge in [-0.25, -0.2) is 4.98 Å². The molecule has 0 aliphatic heterocycles. The molecule has 0 aliphatic rings. The molecular weight excluding hydrogens is 310 g/mol. The van der Waals surface area contributed by atoms with Crippen molar-refractivity contribution in [3.63, 3.8) is 0 Å². The van der Waals surface area contributed by atoms with Crippen LogP contribution in [-0.4, -0.2) is 38.7 Å². The fourth-order valence-electron chi connectivity index (χ4n) is 2.62. The lowest BCUT2D eigenvalue weighted by atomic mass is 9.96. The number of benzene rings is 1. The second-order valence-electron chi connectivity index (χ2n) is 5.27. The van der Waals surface area contributed by atoms with Crippen LogP contribution in [0.5, 0.6) is 0 Å². The molecule has 0 unspecified atom stereocenters. The van der Waals surface area contributed by atoms with Crippen LogP contribution in [0, 0.1) is 0 Å². The largest absolute Gasteiger partial charge is 0.481 e. The SMILES string of the molecule is O=C(O)CNc1cc(-c2ccccc2CC(=O)O)c2cc[nH]c2n1. The molecule has 122 valence electrons. The maximum atomic E-state index is 11.1. The Hall–Kier alpha value is -3.35. The molecule has 0 saturated carbocycles. The zero-order valence-electron chi connectivity index (χ0n) is 12.6. The minimum atomic E-state index is -0.990. The van der Waals surface area contributed by atoms with Crippen LogP contribution in [-0.2, 0) is 16.0 Å². The van der Waals surface area contributed by atoms with Crippen LogP contribution in [0.25, 0.3) is 22.2 Å². The average molecular weight is 325 g/mol. The summed E-state index contributed by atoms with van der Waals surface area (Å²) in [6.45, 7) is -0.255. The van der Waals surface area contributed by atoms with Crippen LogP contribution in [0.1, 0.15) is 5.56 Å². The summed E-state index contributed by atoms with van der Waals surface area (Å²) >= 11 is 0. The van der Waals surface area contributed by atoms with Gasteiger partial charge in [0.1, 0.15) is 18.0 Å². The van der Waals surface area contributed by atoms with E-state index in [1.54, 1.807) is 24.4 Å². The molecule has 7 heteroatoms. The first kappa shape index (κ1) is 15.5. The number of pyridine rings is 1. The van der Waals surface area contributed by atoms with Gasteiger partial charge in [0, 0.05) is 11.6 Å². The Morgan fingerprint density at radius 3 is 2.62 bits per heavy atom. The monoisotopic (exact) mass is 325 g/mol. The number of aliphatic carboxylic acids is 2. The van der Waals surface area contributed by atoms with Gasteiger partial charge < -0.3 is 20.5 Å². The van der Waals surface area contributed by atoms with Gasteiger partial charge in [0.05, 0.1) is 6.42 Å². The number of carbonyl (C=O) groups is 2. The van der Waals surface area contributed by atoms with Crippen molar-refractivity contribution in [1.29, 1.82) is 0 Å². The summed E-state index contributed by atoms with van der Waals surface area (Å²) in [7, 11) is 0. The molecule has 0 atom stereocenters. The van der Waals surface area contributed by atoms with Crippen molar-refractivity contribution in [3.05, 3.63) is 48.2 Å². The van der Waals surface area contributed by atoms with Crippen molar-refractivity contribution in [2.75, 3.05) is 11.9 Å². The van der Waals surface area contributed by atoms with Gasteiger partial charge in [-0.15, -0.1) is 0 Å². The Labute approximate surface area is 137 Å². The molecule has 2 aromatic heterocycles. The van der Waals surface area contributed by atoms with Crippen LogP contribution in [0.3, 0.4) is 0 Å². The summed E-state index contributed by atoms with van der Waals surface area (Å²) in [5, 5.41) is 21.5. The van der Waals surface area contributed by atoms with Crippen molar-refractivity contribution >= 4 is 28.8 Å². The first-order valence-electron chi connectivity index (χ1n) is 7.28. The van der Waals surface area contributed by atoms with E-state index in [2.05, 4.69) is 15.3 Å². The second-order valence-corrected chi connectivity index (χ2v) is 5.27. The molecule has 2 heterocycles. The number of anilines is 1. The number of carboxylic acid groups (broad SMARTS) is 2. The summed E-state index contributed by atoms with van der Waals surface area (Å²) < 4.78 is 0. The van der Waals surface area contributed by atoms with E-state index in [1.807, 2.05) is 18.2 Å². The van der Waals surface area contributed by atoms with Crippen LogP contribution >= 0.6 is 0 Å². The van der Waals surface area contributed by atoms with Gasteiger partial charge in [0.15, 0.2) is 0 Å². The van der Waals surface area contributed by atoms with Gasteiger partial charge in [-0.1, -0.05) is 24.3 Å². The van der Waals surface area contributed by atoms with E-state index >= 15 is 0 Å². The lowest BCUT2D eigenvalue weighted by Gasteiger charge is -2.11. The lowest BCUT2D eigenvalue weighted by molar-refractivity contribution is -0.136. The molecule has 1 aromatic carbocycles. The highest BCUT2D eigenvalue weighted by Gasteiger charge is 2.14. The molecule has 0 bridgehead atoms. The Morgan fingerprint density at radius 2 is 1.88 bits per heavy atom. The number of fused-ring (bicyclic) bond motifs is 1. The number of nitrogens with zero attached hydrogens (tertiary/aromatic N) is 1. The number of carboxylic acids is 2. The van der Waals surface area contributed by atoms with Gasteiger partial charge in [-0.3, -0.25) is 9.59 Å². The van der Waals surface area contributed by atoms with Gasteiger partial charge in [-0.2, -0.15) is 0 Å². The minimum absolute atomic E-state index is 0.0949. The Balaban J connectivity index is 2.13. The summed E-state index contributed by atoms with van der Waals surface area (Å²) in [6.07, 6.45) is 1.64. The zero-order chi connectivity index (χ0) is 17.1. The lowest BCUT2D eigenvalue weighted by Crippen LogP contribution is -2.13. The minimum Gasteiger partial charge on any atom is -0.481 e. The van der Waals surface area contributed by atoms with Crippen LogP contribution < -0.4 is 5.32 Å². The van der Waals surface area contributed by atoms with E-state index in [-0.39, 0.29) is 13.0 Å². The zero-order valence-corrected chi connectivity index (χ0v) is 12.6. The van der Waals surface area contributed by atoms with Gasteiger partial charge >= 0.3 is 11.9 Å². The van der Waals surface area contributed by atoms with Crippen molar-refractivity contribution in [1.82, 2.24) is 9.97 Å². The fourth-order valence-corrected chi connectivity index (χ4v) is 2.62. The van der Waals surface area contributed by atoms with Gasteiger partial charge in [0.2, 0.25) is 0 Å². The Kier molecular flexibility index (Phi) is 4.15. The average Bonchev–Trinajstić information content (AvgIpc) is 3.00. The number of H-pyrrole nitrogens is 1. The van der Waals surface area contributed by atoms with Crippen LogP contribution in [0.4, 0.5) is 5.82 Å². The maximum absolute atomic E-state index is 11.1. The molecule has 3 rings (SSSR count). The molecule has 0 saturated heterocycles. The predicted octanol–water partition coefficient (Wildman–Crippen LogP) is 2.35. The molecular formula is C17H15N3O4. The molecule has 4 N–H and O–H groups in total. The topological polar surface area (TPSA) is 115 Å². The fraction of sp³-hybridized carbons (Fsp3) is 0.118. The molecule has 24 heavy (non-hydrogen) atoms. The van der Waals surface area contributed by atoms with E-state index in [1.165, 1.54) is 0 Å². The number of rotatable bonds is 6. The predicted molar refractivity (Wildman–Crippen MR) is 89.0 cm³/mol. The third-order valence-electron chi connectivity index (χ3n) is 3.60. The summed E-state index contributed by atoms with van der Waals surface area (Å²) in [6, 6.07) is 10.8. The molecule has 0 fully saturated rings. The molecule has 7 nitrogen and oxygen atoms in total. The normalized spacial score (nSPS) is 10.7. The summed E-state index contributed by atoms with van der Waals surface area (Å²) in [5.41, 5.74) is 2.87. The summed E-state index contributed by atoms with van der Waals surface area (Å²) in [4.78, 5) is 29.2. The standard InChI is InChI=1S/C17H15N3O4/c21-15(22)7-10-3-1-2-4-11(10)13-8-14(19-9-16(23)24)20-17-12(13)5-6-18-17/h1-6,8H,7,9H2,(H,21,22)(H,23,24)(H2,18,19,20). The Morgan fingerprint density at radius 1 is 1.08 bits per heavy atom. The number of aromatic nitrogens is 2. The van der Waals surface area contributed by atoms with E-state index in [4.69, 9.17) is 10.2 Å². The Bertz CT molecular complexity index is 917. The highest BCUT2D eigenvalue weighted by atomic mass is 16.4. The van der Waals surface area contributed by atoms with Gasteiger partial charge in [0.25, 0.3) is 0 Å². The third-order valence-corrected chi connectivity index (χ3v) is 3.60. The maximum Gasteiger partial charge on any atom is 0.322 e. The van der Waals surface area contributed by atoms with E-state index in [9.17, 15) is 9.59 Å². The molecule has 0 aliphatic carbocycles. The first-order valence-corrected chi connectivity index (χ1v) is 7.28. The summed E-state index contributed by atoms with van der Waals surface area (Å²) in [5.74, 6) is -1.49. The van der Waals surface area contributed by atoms with Crippen molar-refractivity contribution in [2.45, 2.75) is 6.42 Å². The number of nitrogens with one attached hydrogen (secondary N) is 2. The smallest absolute Gasteiger partial charge is 0.322 e. The molecule has 0 spiro atoms. The van der Waals surface area contributed by atoms with Crippen molar-refractivity contribution in [2.24, 2.45) is 0 Å². The molecule has 3 aromatic rings. The van der Waals surface area contributed by atoms with E-state index in [0.29, 0.717) is 17.0 Å². The van der Waals surface area contributed by atoms with E-state index < -0.39 is 11.9 Å². The number of hydrogen-bond acceptors (Lipinski definition) is 4. The van der Waals surface area contributed by atoms with Crippen molar-refractivity contribution < 1.29 is 19.8 Å². The number of aromatic amines is 1. The third kappa shape index (κ3) is 3.19. The highest BCUT2D eigenvalue weighted by molar-refractivity contribution is 5.96. The quantitative estimate of drug-likeness (QED) is 0.553. The molecule has 0 radical (unpaired) electrons. The first-order chi connectivity index (χ1) is 11.5. The number of hydrogen-bond donors (Lipinski definition) is 4. The highest BCUT2D eigenvalue weighted by Crippen LogP contribution is 2.32. The van der Waals surface area contributed by atoms with E-state index in [0.717, 1.165) is 16.5 Å². The molecule has 0 amide bonds. The van der Waals surface area contributed by atoms with Gasteiger partial charge in [-0.05, 0) is 28.8 Å². The second kappa shape index (κ2) is 6.41.